The van der Waals surface area contributed by atoms with Crippen LogP contribution in [-0.2, 0) is 12.7 Å². The predicted octanol–water partition coefficient (Wildman–Crippen LogP) is 4.97. The first kappa shape index (κ1) is 21.3. The number of nitrogens with one attached hydrogen (secondary N) is 1. The summed E-state index contributed by atoms with van der Waals surface area (Å²) in [6, 6.07) is 14.7. The highest BCUT2D eigenvalue weighted by atomic mass is 19.4. The lowest BCUT2D eigenvalue weighted by molar-refractivity contribution is -0.137. The first-order valence-electron chi connectivity index (χ1n) is 11.4. The Balaban J connectivity index is 1.19. The summed E-state index contributed by atoms with van der Waals surface area (Å²) >= 11 is 0. The quantitative estimate of drug-likeness (QED) is 0.618. The number of aromatic amines is 1. The number of hydrogen-bond acceptors (Lipinski definition) is 3. The summed E-state index contributed by atoms with van der Waals surface area (Å²) in [5, 5.41) is 1.30. The summed E-state index contributed by atoms with van der Waals surface area (Å²) in [6.45, 7) is 6.41. The van der Waals surface area contributed by atoms with Crippen molar-refractivity contribution in [2.24, 2.45) is 0 Å². The van der Waals surface area contributed by atoms with Crippen molar-refractivity contribution in [2.75, 3.05) is 44.2 Å². The van der Waals surface area contributed by atoms with E-state index in [9.17, 15) is 13.2 Å². The van der Waals surface area contributed by atoms with Gasteiger partial charge < -0.3 is 9.88 Å². The Morgan fingerprint density at radius 1 is 0.938 bits per heavy atom. The molecule has 0 unspecified atom stereocenters. The minimum atomic E-state index is -4.30. The van der Waals surface area contributed by atoms with E-state index < -0.39 is 11.7 Å². The molecule has 1 aromatic heterocycles. The molecule has 2 saturated heterocycles. The molecule has 7 heteroatoms. The highest BCUT2D eigenvalue weighted by Gasteiger charge is 2.32. The Morgan fingerprint density at radius 3 is 2.56 bits per heavy atom. The number of fused-ring (bicyclic) bond motifs is 1. The molecule has 2 fully saturated rings. The van der Waals surface area contributed by atoms with E-state index in [1.165, 1.54) is 41.4 Å². The SMILES string of the molecule is FC(F)(F)c1cccc(N2CCN([C@@H]3CCCN(Cc4c[nH]c5ccccc45)C3)CC2)c1. The normalized spacial score (nSPS) is 21.3. The van der Waals surface area contributed by atoms with Crippen molar-refractivity contribution in [2.45, 2.75) is 31.6 Å². The van der Waals surface area contributed by atoms with Crippen molar-refractivity contribution in [3.05, 3.63) is 65.9 Å². The summed E-state index contributed by atoms with van der Waals surface area (Å²) in [4.78, 5) is 10.5. The summed E-state index contributed by atoms with van der Waals surface area (Å²) in [5.41, 5.74) is 2.62. The van der Waals surface area contributed by atoms with E-state index in [-0.39, 0.29) is 0 Å². The van der Waals surface area contributed by atoms with Gasteiger partial charge in [0.1, 0.15) is 0 Å². The standard InChI is InChI=1S/C25H29F3N4/c26-25(27,28)20-5-3-6-21(15-20)31-11-13-32(14-12-31)22-7-4-10-30(18-22)17-19-16-29-24-9-2-1-8-23(19)24/h1-3,5-6,8-9,15-16,22,29H,4,7,10-14,17-18H2/t22-/m1/s1. The van der Waals surface area contributed by atoms with E-state index in [0.29, 0.717) is 11.7 Å². The van der Waals surface area contributed by atoms with Crippen LogP contribution in [0.5, 0.6) is 0 Å². The van der Waals surface area contributed by atoms with E-state index in [1.807, 2.05) is 0 Å². The zero-order valence-electron chi connectivity index (χ0n) is 18.1. The Morgan fingerprint density at radius 2 is 1.75 bits per heavy atom. The van der Waals surface area contributed by atoms with Crippen LogP contribution < -0.4 is 4.90 Å². The Bertz CT molecular complexity index is 1050. The van der Waals surface area contributed by atoms with Gasteiger partial charge in [-0.05, 0) is 49.2 Å². The summed E-state index contributed by atoms with van der Waals surface area (Å²) in [6.07, 6.45) is 0.200. The van der Waals surface area contributed by atoms with Gasteiger partial charge in [0.25, 0.3) is 0 Å². The average molecular weight is 443 g/mol. The second-order valence-electron chi connectivity index (χ2n) is 8.96. The van der Waals surface area contributed by atoms with Crippen LogP contribution in [-0.4, -0.2) is 60.1 Å². The number of para-hydroxylation sites is 1. The number of aromatic nitrogens is 1. The van der Waals surface area contributed by atoms with Gasteiger partial charge in [-0.3, -0.25) is 9.80 Å². The fourth-order valence-corrected chi connectivity index (χ4v) is 5.20. The zero-order chi connectivity index (χ0) is 22.1. The van der Waals surface area contributed by atoms with Crippen molar-refractivity contribution in [1.29, 1.82) is 0 Å². The number of rotatable bonds is 4. The van der Waals surface area contributed by atoms with Crippen LogP contribution in [0.25, 0.3) is 10.9 Å². The largest absolute Gasteiger partial charge is 0.416 e. The van der Waals surface area contributed by atoms with Crippen molar-refractivity contribution in [3.8, 4) is 0 Å². The molecule has 0 saturated carbocycles. The minimum absolute atomic E-state index is 0.512. The minimum Gasteiger partial charge on any atom is -0.369 e. The number of piperazine rings is 1. The zero-order valence-corrected chi connectivity index (χ0v) is 18.1. The molecular formula is C25H29F3N4. The number of H-pyrrole nitrogens is 1. The molecule has 2 aliphatic heterocycles. The highest BCUT2D eigenvalue weighted by Crippen LogP contribution is 2.32. The van der Waals surface area contributed by atoms with E-state index in [4.69, 9.17) is 0 Å². The Hall–Kier alpha value is -2.51. The summed E-state index contributed by atoms with van der Waals surface area (Å²) in [5.74, 6) is 0. The molecule has 170 valence electrons. The van der Waals surface area contributed by atoms with Gasteiger partial charge in [0.2, 0.25) is 0 Å². The number of likely N-dealkylation sites (tertiary alicyclic amines) is 1. The van der Waals surface area contributed by atoms with Gasteiger partial charge in [0.15, 0.2) is 0 Å². The van der Waals surface area contributed by atoms with Crippen molar-refractivity contribution < 1.29 is 13.2 Å². The van der Waals surface area contributed by atoms with Gasteiger partial charge in [-0.15, -0.1) is 0 Å². The van der Waals surface area contributed by atoms with Crippen molar-refractivity contribution in [3.63, 3.8) is 0 Å². The van der Waals surface area contributed by atoms with Crippen LogP contribution >= 0.6 is 0 Å². The van der Waals surface area contributed by atoms with E-state index in [1.54, 1.807) is 6.07 Å². The molecule has 2 aromatic carbocycles. The van der Waals surface area contributed by atoms with E-state index in [2.05, 4.69) is 50.1 Å². The Labute approximate surface area is 186 Å². The monoisotopic (exact) mass is 442 g/mol. The van der Waals surface area contributed by atoms with Crippen LogP contribution in [0.15, 0.2) is 54.7 Å². The lowest BCUT2D eigenvalue weighted by Crippen LogP contribution is -2.55. The second-order valence-corrected chi connectivity index (χ2v) is 8.96. The maximum Gasteiger partial charge on any atom is 0.416 e. The molecule has 3 aromatic rings. The van der Waals surface area contributed by atoms with Gasteiger partial charge in [-0.2, -0.15) is 13.2 Å². The van der Waals surface area contributed by atoms with Crippen LogP contribution in [0.4, 0.5) is 18.9 Å². The molecule has 4 nitrogen and oxygen atoms in total. The molecule has 2 aliphatic rings. The summed E-state index contributed by atoms with van der Waals surface area (Å²) in [7, 11) is 0. The smallest absolute Gasteiger partial charge is 0.369 e. The molecule has 32 heavy (non-hydrogen) atoms. The number of nitrogens with zero attached hydrogens (tertiary/aromatic N) is 3. The van der Waals surface area contributed by atoms with Gasteiger partial charge in [0, 0.05) is 68.1 Å². The van der Waals surface area contributed by atoms with Crippen molar-refractivity contribution >= 4 is 16.6 Å². The molecule has 0 spiro atoms. The molecule has 0 radical (unpaired) electrons. The molecule has 0 aliphatic carbocycles. The maximum atomic E-state index is 13.1. The fourth-order valence-electron chi connectivity index (χ4n) is 5.20. The van der Waals surface area contributed by atoms with Gasteiger partial charge in [-0.25, -0.2) is 0 Å². The molecule has 1 N–H and O–H groups in total. The second kappa shape index (κ2) is 8.79. The highest BCUT2D eigenvalue weighted by molar-refractivity contribution is 5.82. The lowest BCUT2D eigenvalue weighted by Gasteiger charge is -2.44. The third-order valence-corrected chi connectivity index (χ3v) is 6.92. The molecule has 1 atom stereocenters. The fraction of sp³-hybridized carbons (Fsp3) is 0.440. The number of alkyl halides is 3. The van der Waals surface area contributed by atoms with Crippen LogP contribution in [0, 0.1) is 0 Å². The third kappa shape index (κ3) is 4.50. The number of halogens is 3. The first-order chi connectivity index (χ1) is 15.5. The summed E-state index contributed by atoms with van der Waals surface area (Å²) < 4.78 is 39.2. The van der Waals surface area contributed by atoms with Gasteiger partial charge in [-0.1, -0.05) is 24.3 Å². The Kier molecular flexibility index (Phi) is 5.86. The predicted molar refractivity (Wildman–Crippen MR) is 122 cm³/mol. The molecular weight excluding hydrogens is 413 g/mol. The maximum absolute atomic E-state index is 13.1. The van der Waals surface area contributed by atoms with E-state index in [0.717, 1.165) is 51.9 Å². The average Bonchev–Trinajstić information content (AvgIpc) is 3.22. The van der Waals surface area contributed by atoms with Crippen LogP contribution in [0.1, 0.15) is 24.0 Å². The first-order valence-corrected chi connectivity index (χ1v) is 11.4. The number of piperidine rings is 1. The number of benzene rings is 2. The molecule has 5 rings (SSSR count). The molecule has 0 amide bonds. The van der Waals surface area contributed by atoms with Gasteiger partial charge >= 0.3 is 6.18 Å². The van der Waals surface area contributed by atoms with E-state index >= 15 is 0 Å². The third-order valence-electron chi connectivity index (χ3n) is 6.92. The van der Waals surface area contributed by atoms with Crippen LogP contribution in [0.3, 0.4) is 0 Å². The molecule has 3 heterocycles. The topological polar surface area (TPSA) is 25.5 Å². The number of anilines is 1. The molecule has 0 bridgehead atoms. The number of hydrogen-bond donors (Lipinski definition) is 1. The van der Waals surface area contributed by atoms with Crippen LogP contribution in [0.2, 0.25) is 0 Å². The van der Waals surface area contributed by atoms with Gasteiger partial charge in [0.05, 0.1) is 5.56 Å². The van der Waals surface area contributed by atoms with Crippen molar-refractivity contribution in [1.82, 2.24) is 14.8 Å². The lowest BCUT2D eigenvalue weighted by atomic mass is 10.0.